The number of aryl methyl sites for hydroxylation is 2. The van der Waals surface area contributed by atoms with E-state index in [2.05, 4.69) is 20.0 Å². The van der Waals surface area contributed by atoms with Crippen molar-refractivity contribution >= 4 is 12.4 Å². The second-order valence-corrected chi connectivity index (χ2v) is 4.43. The molecular weight excluding hydrogens is 367 g/mol. The fourth-order valence-electron chi connectivity index (χ4n) is 1.69. The van der Waals surface area contributed by atoms with Gasteiger partial charge in [-0.2, -0.15) is 0 Å². The van der Waals surface area contributed by atoms with E-state index < -0.39 is 0 Å². The molecule has 0 saturated heterocycles. The number of aromatic nitrogens is 2. The fraction of sp³-hybridized carbons (Fsp3) is 0.368. The minimum atomic E-state index is 0. The molecule has 0 saturated carbocycles. The van der Waals surface area contributed by atoms with Crippen molar-refractivity contribution in [1.82, 2.24) is 9.97 Å². The van der Waals surface area contributed by atoms with Crippen molar-refractivity contribution in [3.05, 3.63) is 47.0 Å². The van der Waals surface area contributed by atoms with Crippen LogP contribution in [-0.4, -0.2) is 39.3 Å². The SMILES string of the molecule is CC.CC.Cc1nccc(C=NCN=Cc2ccnc(C)c2O)c1O.[V]. The van der Waals surface area contributed by atoms with Gasteiger partial charge < -0.3 is 10.2 Å². The van der Waals surface area contributed by atoms with Crippen LogP contribution in [0.15, 0.2) is 34.5 Å². The average Bonchev–Trinajstić information content (AvgIpc) is 2.65. The van der Waals surface area contributed by atoms with Crippen LogP contribution in [0.1, 0.15) is 50.2 Å². The predicted octanol–water partition coefficient (Wildman–Crippen LogP) is 4.05. The Kier molecular flexibility index (Phi) is 15.1. The smallest absolute Gasteiger partial charge is 0.145 e. The van der Waals surface area contributed by atoms with Crippen molar-refractivity contribution in [2.75, 3.05) is 6.67 Å². The molecule has 0 unspecified atom stereocenters. The van der Waals surface area contributed by atoms with E-state index in [0.29, 0.717) is 22.5 Å². The topological polar surface area (TPSA) is 91.0 Å². The van der Waals surface area contributed by atoms with Gasteiger partial charge in [0, 0.05) is 54.5 Å². The van der Waals surface area contributed by atoms with Gasteiger partial charge in [0.2, 0.25) is 0 Å². The Morgan fingerprint density at radius 3 is 1.50 bits per heavy atom. The average molecular weight is 395 g/mol. The molecule has 2 heterocycles. The summed E-state index contributed by atoms with van der Waals surface area (Å²) in [7, 11) is 0. The number of rotatable bonds is 4. The molecule has 0 aromatic carbocycles. The second kappa shape index (κ2) is 15.1. The number of aliphatic imine (C=N–C) groups is 2. The number of hydrogen-bond donors (Lipinski definition) is 2. The number of nitrogens with zero attached hydrogens (tertiary/aromatic N) is 4. The third-order valence-electron chi connectivity index (χ3n) is 2.90. The Bertz CT molecular complexity index is 644. The van der Waals surface area contributed by atoms with Gasteiger partial charge in [0.15, 0.2) is 0 Å². The van der Waals surface area contributed by atoms with Crippen LogP contribution in [0, 0.1) is 13.8 Å². The summed E-state index contributed by atoms with van der Waals surface area (Å²) < 4.78 is 0. The van der Waals surface area contributed by atoms with Gasteiger partial charge >= 0.3 is 0 Å². The maximum Gasteiger partial charge on any atom is 0.145 e. The van der Waals surface area contributed by atoms with Gasteiger partial charge in [-0.1, -0.05) is 27.7 Å². The maximum atomic E-state index is 9.77. The second-order valence-electron chi connectivity index (χ2n) is 4.43. The summed E-state index contributed by atoms with van der Waals surface area (Å²) in [4.78, 5) is 16.1. The van der Waals surface area contributed by atoms with Gasteiger partial charge in [-0.3, -0.25) is 20.0 Å². The summed E-state index contributed by atoms with van der Waals surface area (Å²) in [5.74, 6) is 0.236. The first-order valence-corrected chi connectivity index (χ1v) is 8.38. The predicted molar refractivity (Wildman–Crippen MR) is 104 cm³/mol. The monoisotopic (exact) mass is 395 g/mol. The van der Waals surface area contributed by atoms with Gasteiger partial charge in [0.1, 0.15) is 18.2 Å². The quantitative estimate of drug-likeness (QED) is 0.764. The summed E-state index contributed by atoms with van der Waals surface area (Å²) in [6.07, 6.45) is 6.30. The Morgan fingerprint density at radius 2 is 1.15 bits per heavy atom. The van der Waals surface area contributed by atoms with Crippen LogP contribution in [0.25, 0.3) is 0 Å². The number of hydrogen-bond acceptors (Lipinski definition) is 6. The molecule has 2 aromatic rings. The molecule has 0 atom stereocenters. The zero-order chi connectivity index (χ0) is 19.2. The molecule has 7 heteroatoms. The molecule has 0 spiro atoms. The normalized spacial score (nSPS) is 9.77. The third-order valence-corrected chi connectivity index (χ3v) is 2.90. The van der Waals surface area contributed by atoms with E-state index in [1.807, 2.05) is 27.7 Å². The summed E-state index contributed by atoms with van der Waals surface area (Å²) in [6.45, 7) is 11.6. The number of aromatic hydroxyl groups is 2. The first-order valence-electron chi connectivity index (χ1n) is 8.38. The van der Waals surface area contributed by atoms with E-state index in [1.165, 1.54) is 0 Å². The largest absolute Gasteiger partial charge is 0.505 e. The van der Waals surface area contributed by atoms with Gasteiger partial charge in [-0.15, -0.1) is 0 Å². The van der Waals surface area contributed by atoms with E-state index in [1.54, 1.807) is 50.8 Å². The minimum absolute atomic E-state index is 0. The van der Waals surface area contributed by atoms with Crippen molar-refractivity contribution in [3.63, 3.8) is 0 Å². The first-order chi connectivity index (χ1) is 12.1. The van der Waals surface area contributed by atoms with Crippen molar-refractivity contribution in [2.24, 2.45) is 9.98 Å². The summed E-state index contributed by atoms with van der Waals surface area (Å²) in [5.41, 5.74) is 2.31. The Labute approximate surface area is 168 Å². The number of pyridine rings is 2. The minimum Gasteiger partial charge on any atom is -0.505 e. The molecule has 26 heavy (non-hydrogen) atoms. The molecule has 2 aromatic heterocycles. The van der Waals surface area contributed by atoms with Gasteiger partial charge in [-0.05, 0) is 26.0 Å². The fourth-order valence-corrected chi connectivity index (χ4v) is 1.69. The molecule has 0 aliphatic rings. The van der Waals surface area contributed by atoms with Crippen LogP contribution in [0.2, 0.25) is 0 Å². The molecule has 0 fully saturated rings. The van der Waals surface area contributed by atoms with E-state index in [0.717, 1.165) is 0 Å². The van der Waals surface area contributed by atoms with Crippen molar-refractivity contribution in [3.8, 4) is 11.5 Å². The molecular formula is C19H28N4O2V. The summed E-state index contributed by atoms with van der Waals surface area (Å²) in [5, 5.41) is 19.5. The molecule has 141 valence electrons. The molecule has 6 nitrogen and oxygen atoms in total. The van der Waals surface area contributed by atoms with Gasteiger partial charge in [0.25, 0.3) is 0 Å². The molecule has 0 amide bonds. The zero-order valence-corrected chi connectivity index (χ0v) is 17.7. The zero-order valence-electron chi connectivity index (χ0n) is 16.3. The first kappa shape index (κ1) is 26.1. The molecule has 0 aliphatic carbocycles. The molecule has 0 aliphatic heterocycles. The van der Waals surface area contributed by atoms with Crippen LogP contribution in [0.5, 0.6) is 11.5 Å². The Morgan fingerprint density at radius 1 is 0.808 bits per heavy atom. The molecule has 0 bridgehead atoms. The van der Waals surface area contributed by atoms with Gasteiger partial charge in [-0.25, -0.2) is 0 Å². The van der Waals surface area contributed by atoms with Crippen LogP contribution in [-0.2, 0) is 18.6 Å². The van der Waals surface area contributed by atoms with Crippen molar-refractivity contribution in [2.45, 2.75) is 41.5 Å². The maximum absolute atomic E-state index is 9.77. The Balaban J connectivity index is 0. The molecule has 1 radical (unpaired) electrons. The standard InChI is InChI=1S/C15H16N4O2.2C2H6.V/c1-10-14(20)12(3-5-18-10)7-16-9-17-8-13-4-6-19-11(2)15(13)21;2*1-2;/h3-8,20-21H,9H2,1-2H3;2*1-2H3;. The van der Waals surface area contributed by atoms with Crippen LogP contribution in [0.4, 0.5) is 0 Å². The van der Waals surface area contributed by atoms with E-state index in [4.69, 9.17) is 0 Å². The Hall–Kier alpha value is -2.18. The summed E-state index contributed by atoms with van der Waals surface area (Å²) in [6, 6.07) is 3.35. The van der Waals surface area contributed by atoms with E-state index >= 15 is 0 Å². The van der Waals surface area contributed by atoms with Gasteiger partial charge in [0.05, 0.1) is 11.4 Å². The van der Waals surface area contributed by atoms with E-state index in [-0.39, 0.29) is 36.7 Å². The van der Waals surface area contributed by atoms with E-state index in [9.17, 15) is 10.2 Å². The van der Waals surface area contributed by atoms with Crippen LogP contribution < -0.4 is 0 Å². The van der Waals surface area contributed by atoms with Crippen molar-refractivity contribution in [1.29, 1.82) is 0 Å². The molecule has 2 rings (SSSR count). The molecule has 2 N–H and O–H groups in total. The third kappa shape index (κ3) is 8.27. The van der Waals surface area contributed by atoms with Crippen molar-refractivity contribution < 1.29 is 28.8 Å². The summed E-state index contributed by atoms with van der Waals surface area (Å²) >= 11 is 0. The van der Waals surface area contributed by atoms with Crippen LogP contribution >= 0.6 is 0 Å². The van der Waals surface area contributed by atoms with Crippen LogP contribution in [0.3, 0.4) is 0 Å².